The largest absolute Gasteiger partial charge is 0.490 e. The lowest BCUT2D eigenvalue weighted by atomic mass is 10.2. The van der Waals surface area contributed by atoms with Crippen LogP contribution in [0.5, 0.6) is 5.75 Å². The van der Waals surface area contributed by atoms with Gasteiger partial charge in [0.05, 0.1) is 12.2 Å². The number of likely N-dealkylation sites (N-methyl/N-ethyl adjacent to an activating group) is 1. The number of ether oxygens (including phenoxy) is 2. The molecule has 1 aromatic carbocycles. The lowest BCUT2D eigenvalue weighted by Crippen LogP contribution is -2.36. The Balaban J connectivity index is 0.000000292. The molecule has 1 aromatic heterocycles. The third-order valence-electron chi connectivity index (χ3n) is 4.73. The number of aryl methyl sites for hydroxylation is 1. The van der Waals surface area contributed by atoms with E-state index < -0.39 is 0 Å². The lowest BCUT2D eigenvalue weighted by molar-refractivity contribution is -0.128. The maximum atomic E-state index is 12.6. The highest BCUT2D eigenvalue weighted by Gasteiger charge is 2.30. The van der Waals surface area contributed by atoms with Crippen LogP contribution in [0, 0.1) is 12.7 Å². The molecule has 1 aliphatic heterocycles. The minimum Gasteiger partial charge on any atom is -0.490 e. The molecule has 0 spiro atoms. The molecule has 4 rings (SSSR count). The van der Waals surface area contributed by atoms with Crippen molar-refractivity contribution < 1.29 is 23.5 Å². The number of halogens is 1. The Morgan fingerprint density at radius 2 is 1.88 bits per heavy atom. The topological polar surface area (TPSA) is 94.8 Å². The second-order valence-electron chi connectivity index (χ2n) is 7.48. The Hall–Kier alpha value is -3.00. The van der Waals surface area contributed by atoms with Crippen molar-refractivity contribution in [3.8, 4) is 5.75 Å². The summed E-state index contributed by atoms with van der Waals surface area (Å²) in [6.45, 7) is 7.92. The number of amides is 2. The summed E-state index contributed by atoms with van der Waals surface area (Å²) in [7, 11) is 1.78. The summed E-state index contributed by atoms with van der Waals surface area (Å²) in [6, 6.07) is 10.0. The minimum absolute atomic E-state index is 0.0277. The standard InChI is InChI=1S/C13H18N2O2.C9H9FO.C2H6.CH3NO/c1-9-8-11(6-7-14-9)15(3)13(16)12-5-4-10(2)17-12;10-7-2-1-3-9(6-7)11-8-4-5-8;1-2;2-1-3/h6-8,10,12H,4-5H2,1-3H3;1-3,6,8H,4-5H2;1-2H3;1H,(H2,2,3). The molecule has 2 atom stereocenters. The zero-order chi connectivity index (χ0) is 24.8. The van der Waals surface area contributed by atoms with Crippen molar-refractivity contribution in [2.75, 3.05) is 11.9 Å². The molecule has 2 unspecified atom stereocenters. The molecule has 2 amide bonds. The minimum atomic E-state index is -0.288. The first kappa shape index (κ1) is 28.0. The number of carbonyl (C=O) groups is 2. The van der Waals surface area contributed by atoms with Gasteiger partial charge in [0.1, 0.15) is 17.7 Å². The van der Waals surface area contributed by atoms with Crippen LogP contribution in [0.4, 0.5) is 10.1 Å². The molecular formula is C25H36FN3O4. The predicted octanol–water partition coefficient (Wildman–Crippen LogP) is 4.41. The molecule has 0 bridgehead atoms. The molecule has 8 heteroatoms. The first-order chi connectivity index (χ1) is 15.8. The first-order valence-corrected chi connectivity index (χ1v) is 11.3. The molecule has 2 aliphatic rings. The van der Waals surface area contributed by atoms with Crippen molar-refractivity contribution in [2.45, 2.75) is 71.7 Å². The van der Waals surface area contributed by atoms with Crippen molar-refractivity contribution >= 4 is 18.0 Å². The Bertz CT molecular complexity index is 861. The fourth-order valence-electron chi connectivity index (χ4n) is 2.99. The smallest absolute Gasteiger partial charge is 0.255 e. The van der Waals surface area contributed by atoms with Crippen LogP contribution in [-0.2, 0) is 14.3 Å². The lowest BCUT2D eigenvalue weighted by Gasteiger charge is -2.21. The number of rotatable bonds is 4. The molecule has 182 valence electrons. The molecule has 33 heavy (non-hydrogen) atoms. The van der Waals surface area contributed by atoms with Crippen LogP contribution in [-0.4, -0.2) is 42.7 Å². The normalized spacial score (nSPS) is 18.2. The fourth-order valence-corrected chi connectivity index (χ4v) is 2.99. The average Bonchev–Trinajstić information content (AvgIpc) is 3.51. The number of hydrogen-bond donors (Lipinski definition) is 1. The van der Waals surface area contributed by atoms with Crippen LogP contribution in [0.25, 0.3) is 0 Å². The highest BCUT2D eigenvalue weighted by molar-refractivity contribution is 5.96. The van der Waals surface area contributed by atoms with Gasteiger partial charge >= 0.3 is 0 Å². The maximum absolute atomic E-state index is 12.6. The highest BCUT2D eigenvalue weighted by Crippen LogP contribution is 2.26. The van der Waals surface area contributed by atoms with E-state index in [1.807, 2.05) is 39.8 Å². The number of hydrogen-bond acceptors (Lipinski definition) is 5. The molecule has 1 aliphatic carbocycles. The average molecular weight is 462 g/mol. The van der Waals surface area contributed by atoms with E-state index in [4.69, 9.17) is 14.3 Å². The van der Waals surface area contributed by atoms with Gasteiger partial charge in [0.15, 0.2) is 0 Å². The summed E-state index contributed by atoms with van der Waals surface area (Å²) in [5, 5.41) is 0. The Kier molecular flexibility index (Phi) is 12.7. The molecule has 1 saturated heterocycles. The van der Waals surface area contributed by atoms with E-state index in [2.05, 4.69) is 10.7 Å². The third-order valence-corrected chi connectivity index (χ3v) is 4.73. The first-order valence-electron chi connectivity index (χ1n) is 11.3. The SMILES string of the molecule is CC.Cc1cc(N(C)C(=O)C2CCC(C)O2)ccn1.Fc1cccc(OC2CC2)c1.NC=O. The fraction of sp³-hybridized carbons (Fsp3) is 0.480. The van der Waals surface area contributed by atoms with Crippen molar-refractivity contribution in [1.29, 1.82) is 0 Å². The van der Waals surface area contributed by atoms with Crippen LogP contribution in [0.2, 0.25) is 0 Å². The number of nitrogens with zero attached hydrogens (tertiary/aromatic N) is 2. The Morgan fingerprint density at radius 3 is 2.39 bits per heavy atom. The number of primary amides is 1. The van der Waals surface area contributed by atoms with Crippen molar-refractivity contribution in [3.05, 3.63) is 54.1 Å². The van der Waals surface area contributed by atoms with E-state index in [-0.39, 0.29) is 30.3 Å². The van der Waals surface area contributed by atoms with Crippen LogP contribution < -0.4 is 15.4 Å². The van der Waals surface area contributed by atoms with Gasteiger partial charge in [0, 0.05) is 30.7 Å². The zero-order valence-electron chi connectivity index (χ0n) is 20.2. The van der Waals surface area contributed by atoms with Gasteiger partial charge in [-0.05, 0) is 63.8 Å². The van der Waals surface area contributed by atoms with Crippen LogP contribution >= 0.6 is 0 Å². The van der Waals surface area contributed by atoms with Gasteiger partial charge in [0.2, 0.25) is 6.41 Å². The Labute approximate surface area is 196 Å². The number of pyridine rings is 1. The van der Waals surface area contributed by atoms with Gasteiger partial charge in [-0.2, -0.15) is 0 Å². The molecule has 0 radical (unpaired) electrons. The summed E-state index contributed by atoms with van der Waals surface area (Å²) < 4.78 is 23.5. The second-order valence-corrected chi connectivity index (χ2v) is 7.48. The molecule has 2 heterocycles. The van der Waals surface area contributed by atoms with Gasteiger partial charge < -0.3 is 20.1 Å². The van der Waals surface area contributed by atoms with E-state index in [9.17, 15) is 9.18 Å². The van der Waals surface area contributed by atoms with E-state index in [1.54, 1.807) is 30.3 Å². The molecule has 1 saturated carbocycles. The van der Waals surface area contributed by atoms with Crippen molar-refractivity contribution in [1.82, 2.24) is 4.98 Å². The van der Waals surface area contributed by atoms with Gasteiger partial charge in [0.25, 0.3) is 5.91 Å². The van der Waals surface area contributed by atoms with Gasteiger partial charge in [-0.3, -0.25) is 14.6 Å². The number of benzene rings is 1. The quantitative estimate of drug-likeness (QED) is 0.681. The van der Waals surface area contributed by atoms with Crippen LogP contribution in [0.3, 0.4) is 0 Å². The summed E-state index contributed by atoms with van der Waals surface area (Å²) in [5.74, 6) is 0.440. The Morgan fingerprint density at radius 1 is 1.21 bits per heavy atom. The third kappa shape index (κ3) is 10.4. The monoisotopic (exact) mass is 461 g/mol. The number of carbonyl (C=O) groups excluding carboxylic acids is 2. The zero-order valence-corrected chi connectivity index (χ0v) is 20.2. The molecule has 2 fully saturated rings. The number of aromatic nitrogens is 1. The van der Waals surface area contributed by atoms with Gasteiger partial charge in [-0.1, -0.05) is 19.9 Å². The van der Waals surface area contributed by atoms with Crippen LogP contribution in [0.1, 0.15) is 52.1 Å². The maximum Gasteiger partial charge on any atom is 0.255 e. The summed E-state index contributed by atoms with van der Waals surface area (Å²) >= 11 is 0. The summed E-state index contributed by atoms with van der Waals surface area (Å²) in [4.78, 5) is 26.5. The van der Waals surface area contributed by atoms with E-state index in [0.29, 0.717) is 11.9 Å². The molecule has 2 aromatic rings. The van der Waals surface area contributed by atoms with E-state index in [0.717, 1.165) is 37.1 Å². The number of nitrogens with two attached hydrogens (primary N) is 1. The summed E-state index contributed by atoms with van der Waals surface area (Å²) in [5.41, 5.74) is 5.94. The van der Waals surface area contributed by atoms with E-state index >= 15 is 0 Å². The van der Waals surface area contributed by atoms with Gasteiger partial charge in [-0.15, -0.1) is 0 Å². The highest BCUT2D eigenvalue weighted by atomic mass is 19.1. The molecule has 7 nitrogen and oxygen atoms in total. The van der Waals surface area contributed by atoms with Gasteiger partial charge in [-0.25, -0.2) is 4.39 Å². The molecular weight excluding hydrogens is 425 g/mol. The summed E-state index contributed by atoms with van der Waals surface area (Å²) in [6.07, 6.45) is 6.20. The van der Waals surface area contributed by atoms with Crippen LogP contribution in [0.15, 0.2) is 42.6 Å². The molecule has 2 N–H and O–H groups in total. The van der Waals surface area contributed by atoms with Crippen molar-refractivity contribution in [3.63, 3.8) is 0 Å². The van der Waals surface area contributed by atoms with E-state index in [1.165, 1.54) is 12.1 Å². The number of anilines is 1. The van der Waals surface area contributed by atoms with Crippen molar-refractivity contribution in [2.24, 2.45) is 5.73 Å². The second kappa shape index (κ2) is 14.9. The predicted molar refractivity (Wildman–Crippen MR) is 128 cm³/mol.